The molecule has 0 aromatic heterocycles. The molecule has 0 spiro atoms. The number of nitrogens with zero attached hydrogens (tertiary/aromatic N) is 2. The fourth-order valence-corrected chi connectivity index (χ4v) is 3.65. The van der Waals surface area contributed by atoms with E-state index in [1.165, 1.54) is 0 Å². The molecule has 2 fully saturated rings. The minimum Gasteiger partial charge on any atom is -0.342 e. The van der Waals surface area contributed by atoms with Crippen molar-refractivity contribution in [3.63, 3.8) is 0 Å². The van der Waals surface area contributed by atoms with Crippen molar-refractivity contribution in [1.29, 1.82) is 0 Å². The number of carbonyl (C=O) groups is 1. The lowest BCUT2D eigenvalue weighted by atomic mass is 9.82. The van der Waals surface area contributed by atoms with Gasteiger partial charge in [-0.05, 0) is 52.6 Å². The Morgan fingerprint density at radius 1 is 1.32 bits per heavy atom. The van der Waals surface area contributed by atoms with Gasteiger partial charge in [0.25, 0.3) is 0 Å². The molecule has 2 rings (SSSR count). The number of piperidine rings is 1. The number of hydrogen-bond acceptors (Lipinski definition) is 3. The lowest BCUT2D eigenvalue weighted by molar-refractivity contribution is -0.143. The number of nitrogens with two attached hydrogens (primary N) is 1. The fourth-order valence-electron chi connectivity index (χ4n) is 3.65. The van der Waals surface area contributed by atoms with Gasteiger partial charge in [0.1, 0.15) is 0 Å². The van der Waals surface area contributed by atoms with Gasteiger partial charge in [-0.1, -0.05) is 6.42 Å². The summed E-state index contributed by atoms with van der Waals surface area (Å²) in [5, 5.41) is 0. The van der Waals surface area contributed by atoms with Crippen molar-refractivity contribution in [1.82, 2.24) is 9.80 Å². The maximum atomic E-state index is 12.7. The van der Waals surface area contributed by atoms with Crippen LogP contribution in [0.4, 0.5) is 0 Å². The highest BCUT2D eigenvalue weighted by molar-refractivity contribution is 5.83. The van der Waals surface area contributed by atoms with E-state index in [9.17, 15) is 4.79 Å². The molecule has 2 N–H and O–H groups in total. The van der Waals surface area contributed by atoms with E-state index in [-0.39, 0.29) is 11.5 Å². The van der Waals surface area contributed by atoms with Crippen molar-refractivity contribution in [2.75, 3.05) is 33.7 Å². The van der Waals surface area contributed by atoms with Gasteiger partial charge in [-0.15, -0.1) is 0 Å². The number of likely N-dealkylation sites (tertiary alicyclic amines) is 1. The van der Waals surface area contributed by atoms with Crippen LogP contribution in [0.3, 0.4) is 0 Å². The molecule has 1 amide bonds. The van der Waals surface area contributed by atoms with Crippen LogP contribution in [0.2, 0.25) is 0 Å². The summed E-state index contributed by atoms with van der Waals surface area (Å²) < 4.78 is 0. The summed E-state index contributed by atoms with van der Waals surface area (Å²) in [6.07, 6.45) is 5.33. The normalized spacial score (nSPS) is 33.1. The fraction of sp³-hybridized carbons (Fsp3) is 0.933. The predicted molar refractivity (Wildman–Crippen MR) is 77.8 cm³/mol. The van der Waals surface area contributed by atoms with Gasteiger partial charge in [-0.2, -0.15) is 0 Å². The van der Waals surface area contributed by atoms with E-state index >= 15 is 0 Å². The molecular weight excluding hydrogens is 238 g/mol. The van der Waals surface area contributed by atoms with Gasteiger partial charge in [0.15, 0.2) is 0 Å². The SMILES string of the molecule is CN(C)CC1CCN(C(=O)C2(C)CCCC2N)CC1. The molecule has 2 aliphatic rings. The monoisotopic (exact) mass is 267 g/mol. The largest absolute Gasteiger partial charge is 0.342 e. The summed E-state index contributed by atoms with van der Waals surface area (Å²) in [6, 6.07) is 0.0551. The first kappa shape index (κ1) is 14.8. The highest BCUT2D eigenvalue weighted by Gasteiger charge is 2.45. The summed E-state index contributed by atoms with van der Waals surface area (Å²) in [7, 11) is 4.24. The van der Waals surface area contributed by atoms with Crippen LogP contribution in [0, 0.1) is 11.3 Å². The van der Waals surface area contributed by atoms with Crippen LogP contribution in [0.5, 0.6) is 0 Å². The third kappa shape index (κ3) is 3.11. The minimum atomic E-state index is -0.297. The van der Waals surface area contributed by atoms with Crippen molar-refractivity contribution in [2.24, 2.45) is 17.1 Å². The second-order valence-corrected chi connectivity index (χ2v) is 6.91. The molecule has 1 aliphatic carbocycles. The maximum absolute atomic E-state index is 12.7. The second kappa shape index (κ2) is 5.80. The molecule has 4 heteroatoms. The molecular formula is C15H29N3O. The highest BCUT2D eigenvalue weighted by atomic mass is 16.2. The Morgan fingerprint density at radius 3 is 2.42 bits per heavy atom. The quantitative estimate of drug-likeness (QED) is 0.838. The molecule has 1 heterocycles. The van der Waals surface area contributed by atoms with Gasteiger partial charge in [0, 0.05) is 25.7 Å². The molecule has 0 aromatic rings. The van der Waals surface area contributed by atoms with Crippen molar-refractivity contribution < 1.29 is 4.79 Å². The van der Waals surface area contributed by atoms with Crippen LogP contribution < -0.4 is 5.73 Å². The van der Waals surface area contributed by atoms with E-state index in [2.05, 4.69) is 30.8 Å². The molecule has 110 valence electrons. The zero-order valence-corrected chi connectivity index (χ0v) is 12.7. The Hall–Kier alpha value is -0.610. The van der Waals surface area contributed by atoms with Gasteiger partial charge < -0.3 is 15.5 Å². The van der Waals surface area contributed by atoms with Crippen LogP contribution in [0.15, 0.2) is 0 Å². The molecule has 4 nitrogen and oxygen atoms in total. The van der Waals surface area contributed by atoms with Gasteiger partial charge in [0.05, 0.1) is 5.41 Å². The van der Waals surface area contributed by atoms with Crippen molar-refractivity contribution >= 4 is 5.91 Å². The van der Waals surface area contributed by atoms with E-state index in [1.807, 2.05) is 0 Å². The minimum absolute atomic E-state index is 0.0551. The zero-order valence-electron chi connectivity index (χ0n) is 12.7. The second-order valence-electron chi connectivity index (χ2n) is 6.91. The Balaban J connectivity index is 1.89. The van der Waals surface area contributed by atoms with Gasteiger partial charge >= 0.3 is 0 Å². The molecule has 19 heavy (non-hydrogen) atoms. The lowest BCUT2D eigenvalue weighted by Gasteiger charge is -2.39. The van der Waals surface area contributed by atoms with Gasteiger partial charge in [-0.3, -0.25) is 4.79 Å². The Morgan fingerprint density at radius 2 is 1.95 bits per heavy atom. The van der Waals surface area contributed by atoms with Crippen LogP contribution in [-0.2, 0) is 4.79 Å². The van der Waals surface area contributed by atoms with E-state index in [0.717, 1.165) is 57.7 Å². The van der Waals surface area contributed by atoms with E-state index in [1.54, 1.807) is 0 Å². The third-order valence-electron chi connectivity index (χ3n) is 5.04. The van der Waals surface area contributed by atoms with Gasteiger partial charge in [-0.25, -0.2) is 0 Å². The van der Waals surface area contributed by atoms with Crippen LogP contribution in [-0.4, -0.2) is 55.5 Å². The van der Waals surface area contributed by atoms with Crippen molar-refractivity contribution in [2.45, 2.75) is 45.1 Å². The maximum Gasteiger partial charge on any atom is 0.230 e. The molecule has 2 atom stereocenters. The topological polar surface area (TPSA) is 49.6 Å². The summed E-state index contributed by atoms with van der Waals surface area (Å²) in [5.74, 6) is 1.05. The van der Waals surface area contributed by atoms with Crippen molar-refractivity contribution in [3.8, 4) is 0 Å². The van der Waals surface area contributed by atoms with Crippen LogP contribution >= 0.6 is 0 Å². The molecule has 1 saturated heterocycles. The highest BCUT2D eigenvalue weighted by Crippen LogP contribution is 2.39. The van der Waals surface area contributed by atoms with Gasteiger partial charge in [0.2, 0.25) is 5.91 Å². The van der Waals surface area contributed by atoms with E-state index in [4.69, 9.17) is 5.73 Å². The summed E-state index contributed by atoms with van der Waals surface area (Å²) in [4.78, 5) is 17.0. The number of hydrogen-bond donors (Lipinski definition) is 1. The number of rotatable bonds is 3. The molecule has 1 saturated carbocycles. The Bertz CT molecular complexity index is 323. The first-order valence-corrected chi connectivity index (χ1v) is 7.63. The Labute approximate surface area is 117 Å². The summed E-state index contributed by atoms with van der Waals surface area (Å²) in [6.45, 7) is 5.04. The molecule has 0 radical (unpaired) electrons. The first-order valence-electron chi connectivity index (χ1n) is 7.63. The first-order chi connectivity index (χ1) is 8.93. The molecule has 1 aliphatic heterocycles. The molecule has 0 aromatic carbocycles. The Kier molecular flexibility index (Phi) is 4.51. The molecule has 2 unspecified atom stereocenters. The summed E-state index contributed by atoms with van der Waals surface area (Å²) in [5.41, 5.74) is 5.86. The van der Waals surface area contributed by atoms with Crippen molar-refractivity contribution in [3.05, 3.63) is 0 Å². The zero-order chi connectivity index (χ0) is 14.0. The van der Waals surface area contributed by atoms with Crippen LogP contribution in [0.1, 0.15) is 39.0 Å². The number of amides is 1. The summed E-state index contributed by atoms with van der Waals surface area (Å²) >= 11 is 0. The van der Waals surface area contributed by atoms with E-state index < -0.39 is 0 Å². The standard InChI is InChI=1S/C15H29N3O/c1-15(8-4-5-13(15)16)14(19)18-9-6-12(7-10-18)11-17(2)3/h12-13H,4-11,16H2,1-3H3. The van der Waals surface area contributed by atoms with E-state index in [0.29, 0.717) is 5.91 Å². The number of carbonyl (C=O) groups excluding carboxylic acids is 1. The average Bonchev–Trinajstić information content (AvgIpc) is 2.70. The molecule has 0 bridgehead atoms. The average molecular weight is 267 g/mol. The lowest BCUT2D eigenvalue weighted by Crippen LogP contribution is -2.51. The third-order valence-corrected chi connectivity index (χ3v) is 5.04. The predicted octanol–water partition coefficient (Wildman–Crippen LogP) is 1.30. The van der Waals surface area contributed by atoms with Crippen LogP contribution in [0.25, 0.3) is 0 Å². The smallest absolute Gasteiger partial charge is 0.230 e.